The number of carbonyl (C=O) groups is 2. The van der Waals surface area contributed by atoms with Gasteiger partial charge in [-0.3, -0.25) is 9.59 Å². The molecular formula is C30H40ClNO3. The zero-order valence-electron chi connectivity index (χ0n) is 22.2. The summed E-state index contributed by atoms with van der Waals surface area (Å²) in [6.07, 6.45) is 11.4. The molecule has 6 rings (SSSR count). The number of aromatic nitrogens is 1. The highest BCUT2D eigenvalue weighted by molar-refractivity contribution is 6.64. The van der Waals surface area contributed by atoms with E-state index >= 15 is 0 Å². The zero-order valence-corrected chi connectivity index (χ0v) is 22.9. The molecule has 0 radical (unpaired) electrons. The molecule has 5 aliphatic rings. The number of allylic oxidation sites excluding steroid dienone is 2. The first-order chi connectivity index (χ1) is 16.3. The van der Waals surface area contributed by atoms with Crippen molar-refractivity contribution < 1.29 is 14.1 Å². The van der Waals surface area contributed by atoms with E-state index in [1.165, 1.54) is 11.1 Å². The van der Waals surface area contributed by atoms with Crippen LogP contribution in [0.1, 0.15) is 104 Å². The summed E-state index contributed by atoms with van der Waals surface area (Å²) in [6.45, 7) is 14.1. The molecule has 1 unspecified atom stereocenters. The fourth-order valence-electron chi connectivity index (χ4n) is 10.2. The summed E-state index contributed by atoms with van der Waals surface area (Å²) in [7, 11) is 0. The van der Waals surface area contributed by atoms with Gasteiger partial charge in [-0.05, 0) is 103 Å². The number of fused-ring (bicyclic) bond motifs is 8. The molecule has 35 heavy (non-hydrogen) atoms. The van der Waals surface area contributed by atoms with Gasteiger partial charge in [-0.25, -0.2) is 0 Å². The van der Waals surface area contributed by atoms with Crippen molar-refractivity contribution in [2.75, 3.05) is 0 Å². The van der Waals surface area contributed by atoms with Gasteiger partial charge in [-0.1, -0.05) is 52.3 Å². The van der Waals surface area contributed by atoms with Gasteiger partial charge in [0.1, 0.15) is 5.76 Å². The number of carbonyl (C=O) groups excluding carboxylic acids is 2. The van der Waals surface area contributed by atoms with Gasteiger partial charge in [-0.2, -0.15) is 0 Å². The zero-order chi connectivity index (χ0) is 25.2. The number of hydrogen-bond donors (Lipinski definition) is 0. The maximum Gasteiger partial charge on any atom is 0.228 e. The summed E-state index contributed by atoms with van der Waals surface area (Å²) in [5.41, 5.74) is 1.79. The monoisotopic (exact) mass is 497 g/mol. The third-order valence-corrected chi connectivity index (χ3v) is 12.8. The van der Waals surface area contributed by atoms with E-state index in [-0.39, 0.29) is 44.5 Å². The van der Waals surface area contributed by atoms with E-state index in [1.54, 1.807) is 0 Å². The van der Waals surface area contributed by atoms with Gasteiger partial charge in [-0.15, -0.1) is 0 Å². The van der Waals surface area contributed by atoms with Crippen molar-refractivity contribution in [3.63, 3.8) is 0 Å². The molecule has 1 aromatic heterocycles. The molecule has 1 aromatic rings. The van der Waals surface area contributed by atoms with Gasteiger partial charge < -0.3 is 4.52 Å². The SMILES string of the molecule is C[C@H]1c2oncc2C[C@]2(C)C3=CC(=O)[C@@H]4[C@@H]5CC(C)(C)CC[C@]5(C(=O)Cl)CC[C@@]4(C)[C@]3(C)CCC12. The molecule has 0 amide bonds. The van der Waals surface area contributed by atoms with E-state index in [1.807, 2.05) is 6.20 Å². The molecule has 5 heteroatoms. The molecule has 3 saturated carbocycles. The van der Waals surface area contributed by atoms with Gasteiger partial charge in [0.2, 0.25) is 5.24 Å². The number of hydrogen-bond acceptors (Lipinski definition) is 4. The van der Waals surface area contributed by atoms with Gasteiger partial charge in [0.15, 0.2) is 5.78 Å². The van der Waals surface area contributed by atoms with E-state index in [9.17, 15) is 9.59 Å². The summed E-state index contributed by atoms with van der Waals surface area (Å²) in [6, 6.07) is 0. The summed E-state index contributed by atoms with van der Waals surface area (Å²) >= 11 is 6.40. The topological polar surface area (TPSA) is 60.2 Å². The van der Waals surface area contributed by atoms with Crippen LogP contribution in [0.5, 0.6) is 0 Å². The Labute approximate surface area is 214 Å². The molecule has 0 bridgehead atoms. The average Bonchev–Trinajstić information content (AvgIpc) is 3.23. The van der Waals surface area contributed by atoms with Crippen LogP contribution in [0, 0.1) is 44.8 Å². The average molecular weight is 498 g/mol. The first kappa shape index (κ1) is 23.9. The molecule has 3 fully saturated rings. The molecule has 190 valence electrons. The van der Waals surface area contributed by atoms with Gasteiger partial charge in [0, 0.05) is 22.8 Å². The normalized spacial score (nSPS) is 48.0. The van der Waals surface area contributed by atoms with Crippen LogP contribution in [-0.4, -0.2) is 16.2 Å². The maximum atomic E-state index is 14.3. The molecule has 5 aliphatic carbocycles. The fraction of sp³-hybridized carbons (Fsp3) is 0.767. The lowest BCUT2D eigenvalue weighted by atomic mass is 9.34. The first-order valence-electron chi connectivity index (χ1n) is 13.7. The number of rotatable bonds is 1. The summed E-state index contributed by atoms with van der Waals surface area (Å²) in [5.74, 6) is 1.91. The van der Waals surface area contributed by atoms with Crippen molar-refractivity contribution in [1.29, 1.82) is 0 Å². The largest absolute Gasteiger partial charge is 0.361 e. The van der Waals surface area contributed by atoms with Crippen molar-refractivity contribution in [3.8, 4) is 0 Å². The van der Waals surface area contributed by atoms with Crippen LogP contribution in [0.25, 0.3) is 0 Å². The highest BCUT2D eigenvalue weighted by Gasteiger charge is 2.70. The fourth-order valence-corrected chi connectivity index (χ4v) is 10.5. The van der Waals surface area contributed by atoms with Crippen molar-refractivity contribution in [3.05, 3.63) is 29.2 Å². The molecule has 1 heterocycles. The summed E-state index contributed by atoms with van der Waals surface area (Å²) < 4.78 is 5.68. The van der Waals surface area contributed by atoms with Crippen molar-refractivity contribution in [2.24, 2.45) is 44.8 Å². The summed E-state index contributed by atoms with van der Waals surface area (Å²) in [4.78, 5) is 27.3. The second-order valence-corrected chi connectivity index (χ2v) is 14.7. The minimum atomic E-state index is -0.545. The highest BCUT2D eigenvalue weighted by atomic mass is 35.5. The Balaban J connectivity index is 1.50. The second-order valence-electron chi connectivity index (χ2n) is 14.3. The standard InChI is InChI=1S/C30H40ClNO3/c1-17-19-7-8-28(5)22(27(19,4)14-18-16-32-35-24(17)18)13-21(33)23-20-15-26(2,3)9-11-30(20,25(31)34)12-10-29(23,28)6/h13,16-17,19-20,23H,7-12,14-15H2,1-6H3/t17-,19?,20+,23+,27+,28-,29-,30+/m1/s1. The Morgan fingerprint density at radius 2 is 1.77 bits per heavy atom. The lowest BCUT2D eigenvalue weighted by Crippen LogP contribution is -2.65. The van der Waals surface area contributed by atoms with Crippen LogP contribution >= 0.6 is 11.6 Å². The Morgan fingerprint density at radius 3 is 2.49 bits per heavy atom. The number of halogens is 1. The van der Waals surface area contributed by atoms with Gasteiger partial charge in [0.05, 0.1) is 6.20 Å². The number of ketones is 1. The van der Waals surface area contributed by atoms with E-state index in [2.05, 4.69) is 52.8 Å². The van der Waals surface area contributed by atoms with Gasteiger partial charge >= 0.3 is 0 Å². The quantitative estimate of drug-likeness (QED) is 0.383. The second kappa shape index (κ2) is 7.11. The van der Waals surface area contributed by atoms with Crippen LogP contribution in [0.2, 0.25) is 0 Å². The van der Waals surface area contributed by atoms with E-state index in [0.717, 1.165) is 57.1 Å². The lowest BCUT2D eigenvalue weighted by molar-refractivity contribution is -0.173. The molecule has 0 N–H and O–H groups in total. The summed E-state index contributed by atoms with van der Waals surface area (Å²) in [5, 5.41) is 3.93. The van der Waals surface area contributed by atoms with Crippen LogP contribution < -0.4 is 0 Å². The van der Waals surface area contributed by atoms with Gasteiger partial charge in [0.25, 0.3) is 0 Å². The smallest absolute Gasteiger partial charge is 0.228 e. The van der Waals surface area contributed by atoms with Crippen LogP contribution in [0.4, 0.5) is 0 Å². The third kappa shape index (κ3) is 2.84. The highest BCUT2D eigenvalue weighted by Crippen LogP contribution is 2.74. The van der Waals surface area contributed by atoms with E-state index in [4.69, 9.17) is 16.1 Å². The van der Waals surface area contributed by atoms with Crippen molar-refractivity contribution >= 4 is 22.6 Å². The Bertz CT molecular complexity index is 1150. The molecule has 0 spiro atoms. The van der Waals surface area contributed by atoms with E-state index < -0.39 is 5.41 Å². The number of nitrogens with zero attached hydrogens (tertiary/aromatic N) is 1. The van der Waals surface area contributed by atoms with Crippen molar-refractivity contribution in [1.82, 2.24) is 5.16 Å². The molecule has 8 atom stereocenters. The Kier molecular flexibility index (Phi) is 4.87. The molecule has 0 saturated heterocycles. The minimum Gasteiger partial charge on any atom is -0.361 e. The van der Waals surface area contributed by atoms with E-state index in [0.29, 0.717) is 11.8 Å². The third-order valence-electron chi connectivity index (χ3n) is 12.4. The molecule has 4 nitrogen and oxygen atoms in total. The lowest BCUT2D eigenvalue weighted by Gasteiger charge is -2.68. The predicted molar refractivity (Wildman–Crippen MR) is 136 cm³/mol. The van der Waals surface area contributed by atoms with Crippen LogP contribution in [0.3, 0.4) is 0 Å². The molecular weight excluding hydrogens is 458 g/mol. The van der Waals surface area contributed by atoms with Crippen molar-refractivity contribution in [2.45, 2.75) is 98.8 Å². The maximum absolute atomic E-state index is 14.3. The first-order valence-corrected chi connectivity index (χ1v) is 14.1. The Morgan fingerprint density at radius 1 is 1.06 bits per heavy atom. The molecule has 0 aromatic carbocycles. The Hall–Kier alpha value is -1.42. The predicted octanol–water partition coefficient (Wildman–Crippen LogP) is 7.26. The minimum absolute atomic E-state index is 0.0256. The van der Waals surface area contributed by atoms with Crippen LogP contribution in [-0.2, 0) is 16.0 Å². The molecule has 0 aliphatic heterocycles. The van der Waals surface area contributed by atoms with Crippen LogP contribution in [0.15, 0.2) is 22.4 Å².